The Kier molecular flexibility index (Phi) is 6.50. The fraction of sp³-hybridized carbons (Fsp3) is 0.276. The Morgan fingerprint density at radius 1 is 0.595 bits per heavy atom. The molecule has 0 unspecified atom stereocenters. The molecule has 37 heavy (non-hydrogen) atoms. The molecule has 2 aliphatic heterocycles. The van der Waals surface area contributed by atoms with Gasteiger partial charge in [0, 0.05) is 11.6 Å². The highest BCUT2D eigenvalue weighted by Gasteiger charge is 2.20. The van der Waals surface area contributed by atoms with Crippen LogP contribution < -0.4 is 10.6 Å². The van der Waals surface area contributed by atoms with Crippen molar-refractivity contribution >= 4 is 23.2 Å². The van der Waals surface area contributed by atoms with Crippen molar-refractivity contribution in [2.24, 2.45) is 0 Å². The maximum Gasteiger partial charge on any atom is 0.123 e. The van der Waals surface area contributed by atoms with E-state index in [9.17, 15) is 0 Å². The van der Waals surface area contributed by atoms with Crippen LogP contribution in [0.3, 0.4) is 0 Å². The summed E-state index contributed by atoms with van der Waals surface area (Å²) in [5, 5.41) is 9.29. The highest BCUT2D eigenvalue weighted by atomic mass is 35.5. The van der Waals surface area contributed by atoms with E-state index in [-0.39, 0.29) is 12.4 Å². The van der Waals surface area contributed by atoms with Crippen molar-refractivity contribution in [1.29, 1.82) is 0 Å². The monoisotopic (exact) mass is 511 g/mol. The van der Waals surface area contributed by atoms with Crippen LogP contribution >= 0.6 is 12.4 Å². The van der Waals surface area contributed by atoms with Gasteiger partial charge in [0.15, 0.2) is 0 Å². The molecule has 7 rings (SSSR count). The second-order valence-corrected chi connectivity index (χ2v) is 9.87. The molecule has 2 aromatic carbocycles. The predicted octanol–water partition coefficient (Wildman–Crippen LogP) is 5.95. The van der Waals surface area contributed by atoms with Gasteiger partial charge in [-0.15, -0.1) is 12.4 Å². The molecule has 7 nitrogen and oxygen atoms in total. The number of fused-ring (bicyclic) bond motifs is 1. The minimum atomic E-state index is 0. The Hall–Kier alpha value is -3.52. The molecule has 3 aromatic heterocycles. The van der Waals surface area contributed by atoms with E-state index in [0.717, 1.165) is 65.6 Å². The van der Waals surface area contributed by atoms with E-state index < -0.39 is 0 Å². The molecule has 2 saturated heterocycles. The zero-order chi connectivity index (χ0) is 23.9. The second kappa shape index (κ2) is 10.1. The van der Waals surface area contributed by atoms with E-state index in [0.29, 0.717) is 12.1 Å². The van der Waals surface area contributed by atoms with Crippen molar-refractivity contribution in [1.82, 2.24) is 35.6 Å². The molecular weight excluding hydrogens is 482 g/mol. The molecule has 0 amide bonds. The minimum absolute atomic E-state index is 0. The normalized spacial score (nSPS) is 19.4. The standard InChI is InChI=1S/C29H29N7.ClH/c1-3-23(30-11-1)28-33-16-26(35-28)19-7-5-18(6-8-19)20-9-10-21-14-25(32-15-22(21)13-20)27-17-34-29(36-27)24-4-2-12-31-24;/h5-10,13-17,23-24,30-31H,1-4,11-12H2,(H,33,35)(H,34,36);1H/t23-,24-;/m0./s1. The second-order valence-electron chi connectivity index (χ2n) is 9.87. The smallest absolute Gasteiger partial charge is 0.123 e. The van der Waals surface area contributed by atoms with Crippen LogP contribution in [0, 0.1) is 0 Å². The molecule has 0 bridgehead atoms. The summed E-state index contributed by atoms with van der Waals surface area (Å²) in [5.74, 6) is 2.04. The van der Waals surface area contributed by atoms with Crippen molar-refractivity contribution in [2.75, 3.05) is 13.1 Å². The summed E-state index contributed by atoms with van der Waals surface area (Å²) < 4.78 is 0. The van der Waals surface area contributed by atoms with Crippen molar-refractivity contribution in [2.45, 2.75) is 37.8 Å². The fourth-order valence-corrected chi connectivity index (χ4v) is 5.45. The number of H-pyrrole nitrogens is 2. The number of benzene rings is 2. The Labute approximate surface area is 222 Å². The SMILES string of the molecule is Cl.c1cc(-c2cnc([C@@H]3CCCN3)[nH]2)ccc1-c1ccc2cc(-c3cnc([C@@H]4CCCN4)[nH]3)ncc2c1. The van der Waals surface area contributed by atoms with Crippen LogP contribution in [-0.2, 0) is 0 Å². The van der Waals surface area contributed by atoms with Crippen LogP contribution in [0.1, 0.15) is 49.4 Å². The Morgan fingerprint density at radius 3 is 1.89 bits per heavy atom. The first-order chi connectivity index (χ1) is 17.8. The van der Waals surface area contributed by atoms with Gasteiger partial charge in [0.25, 0.3) is 0 Å². The van der Waals surface area contributed by atoms with Gasteiger partial charge in [0.1, 0.15) is 11.6 Å². The lowest BCUT2D eigenvalue weighted by molar-refractivity contribution is 0.613. The topological polar surface area (TPSA) is 94.3 Å². The van der Waals surface area contributed by atoms with Gasteiger partial charge < -0.3 is 20.6 Å². The number of nitrogens with one attached hydrogen (secondary N) is 4. The van der Waals surface area contributed by atoms with Crippen LogP contribution in [0.5, 0.6) is 0 Å². The summed E-state index contributed by atoms with van der Waals surface area (Å²) in [6.45, 7) is 2.13. The summed E-state index contributed by atoms with van der Waals surface area (Å²) in [6, 6.07) is 18.1. The molecule has 5 aromatic rings. The van der Waals surface area contributed by atoms with Crippen molar-refractivity contribution < 1.29 is 0 Å². The third-order valence-electron chi connectivity index (χ3n) is 7.50. The van der Waals surface area contributed by atoms with Gasteiger partial charge >= 0.3 is 0 Å². The number of halogens is 1. The number of hydrogen-bond donors (Lipinski definition) is 4. The lowest BCUT2D eigenvalue weighted by Crippen LogP contribution is -2.14. The van der Waals surface area contributed by atoms with Crippen molar-refractivity contribution in [3.05, 3.63) is 78.8 Å². The van der Waals surface area contributed by atoms with E-state index in [2.05, 4.69) is 79.1 Å². The first-order valence-electron chi connectivity index (χ1n) is 12.9. The van der Waals surface area contributed by atoms with E-state index in [1.165, 1.54) is 29.4 Å². The fourth-order valence-electron chi connectivity index (χ4n) is 5.45. The number of aromatic amines is 2. The van der Waals surface area contributed by atoms with Crippen molar-refractivity contribution in [3.63, 3.8) is 0 Å². The molecule has 0 spiro atoms. The first kappa shape index (κ1) is 23.9. The largest absolute Gasteiger partial charge is 0.341 e. The molecule has 0 saturated carbocycles. The number of nitrogens with zero attached hydrogens (tertiary/aromatic N) is 3. The average Bonchev–Trinajstić information content (AvgIpc) is 3.75. The maximum atomic E-state index is 4.73. The zero-order valence-corrected chi connectivity index (χ0v) is 21.3. The molecule has 2 fully saturated rings. The summed E-state index contributed by atoms with van der Waals surface area (Å²) in [5.41, 5.74) is 6.46. The third-order valence-corrected chi connectivity index (χ3v) is 7.50. The molecule has 2 aliphatic rings. The van der Waals surface area contributed by atoms with Crippen LogP contribution in [0.25, 0.3) is 44.5 Å². The number of pyridine rings is 1. The van der Waals surface area contributed by atoms with Gasteiger partial charge in [-0.05, 0) is 73.0 Å². The quantitative estimate of drug-likeness (QED) is 0.234. The zero-order valence-electron chi connectivity index (χ0n) is 20.5. The molecule has 2 atom stereocenters. The van der Waals surface area contributed by atoms with Gasteiger partial charge in [-0.25, -0.2) is 9.97 Å². The Bertz CT molecular complexity index is 1510. The molecule has 4 N–H and O–H groups in total. The van der Waals surface area contributed by atoms with E-state index >= 15 is 0 Å². The van der Waals surface area contributed by atoms with Crippen molar-refractivity contribution in [3.8, 4) is 33.8 Å². The predicted molar refractivity (Wildman–Crippen MR) is 150 cm³/mol. The van der Waals surface area contributed by atoms with E-state index in [1.807, 2.05) is 18.6 Å². The highest BCUT2D eigenvalue weighted by molar-refractivity contribution is 5.89. The van der Waals surface area contributed by atoms with E-state index in [4.69, 9.17) is 4.98 Å². The molecule has 188 valence electrons. The Balaban J connectivity index is 0.00000252. The maximum absolute atomic E-state index is 4.73. The average molecular weight is 512 g/mol. The van der Waals surface area contributed by atoms with Gasteiger partial charge in [-0.3, -0.25) is 4.98 Å². The van der Waals surface area contributed by atoms with Crippen LogP contribution in [-0.4, -0.2) is 38.0 Å². The van der Waals surface area contributed by atoms with Crippen LogP contribution in [0.15, 0.2) is 67.1 Å². The number of aromatic nitrogens is 5. The number of rotatable bonds is 5. The lowest BCUT2D eigenvalue weighted by Gasteiger charge is -2.08. The minimum Gasteiger partial charge on any atom is -0.341 e. The van der Waals surface area contributed by atoms with Crippen LogP contribution in [0.2, 0.25) is 0 Å². The molecule has 8 heteroatoms. The lowest BCUT2D eigenvalue weighted by atomic mass is 10.00. The van der Waals surface area contributed by atoms with E-state index in [1.54, 1.807) is 0 Å². The molecule has 0 radical (unpaired) electrons. The third kappa shape index (κ3) is 4.66. The summed E-state index contributed by atoms with van der Waals surface area (Å²) in [6.07, 6.45) is 10.5. The molecular formula is C29H30ClN7. The summed E-state index contributed by atoms with van der Waals surface area (Å²) >= 11 is 0. The van der Waals surface area contributed by atoms with Gasteiger partial charge in [0.05, 0.1) is 41.6 Å². The van der Waals surface area contributed by atoms with Crippen LogP contribution in [0.4, 0.5) is 0 Å². The summed E-state index contributed by atoms with van der Waals surface area (Å²) in [4.78, 5) is 20.9. The van der Waals surface area contributed by atoms with Gasteiger partial charge in [-0.2, -0.15) is 0 Å². The Morgan fingerprint density at radius 2 is 1.22 bits per heavy atom. The highest BCUT2D eigenvalue weighted by Crippen LogP contribution is 2.30. The molecule has 0 aliphatic carbocycles. The first-order valence-corrected chi connectivity index (χ1v) is 12.9. The van der Waals surface area contributed by atoms with Gasteiger partial charge in [-0.1, -0.05) is 36.4 Å². The summed E-state index contributed by atoms with van der Waals surface area (Å²) in [7, 11) is 0. The molecule has 5 heterocycles. The number of imidazole rings is 2. The number of hydrogen-bond acceptors (Lipinski definition) is 5. The van der Waals surface area contributed by atoms with Gasteiger partial charge in [0.2, 0.25) is 0 Å².